The number of fused-ring (bicyclic) bond motifs is 1. The highest BCUT2D eigenvalue weighted by Gasteiger charge is 2.25. The predicted molar refractivity (Wildman–Crippen MR) is 93.2 cm³/mol. The molecule has 0 saturated carbocycles. The number of pyridine rings is 1. The van der Waals surface area contributed by atoms with Gasteiger partial charge in [-0.15, -0.1) is 0 Å². The van der Waals surface area contributed by atoms with Crippen molar-refractivity contribution in [2.24, 2.45) is 0 Å². The molecule has 0 spiro atoms. The fourth-order valence-electron chi connectivity index (χ4n) is 3.13. The molecular formula is C18H23N3O3. The van der Waals surface area contributed by atoms with E-state index in [9.17, 15) is 9.90 Å². The number of para-hydroxylation sites is 1. The van der Waals surface area contributed by atoms with Crippen molar-refractivity contribution in [3.8, 4) is 0 Å². The molecule has 2 aromatic rings. The van der Waals surface area contributed by atoms with E-state index >= 15 is 0 Å². The number of aliphatic hydroxyl groups excluding tert-OH is 1. The molecule has 0 radical (unpaired) electrons. The van der Waals surface area contributed by atoms with Crippen molar-refractivity contribution in [1.29, 1.82) is 0 Å². The van der Waals surface area contributed by atoms with Gasteiger partial charge in [0.25, 0.3) is 0 Å². The Balaban J connectivity index is 1.83. The largest absolute Gasteiger partial charge is 0.389 e. The van der Waals surface area contributed by atoms with Crippen LogP contribution in [0.1, 0.15) is 5.56 Å². The van der Waals surface area contributed by atoms with Crippen molar-refractivity contribution >= 4 is 22.6 Å². The lowest BCUT2D eigenvalue weighted by molar-refractivity contribution is -0.136. The summed E-state index contributed by atoms with van der Waals surface area (Å²) in [5, 5.41) is 11.4. The van der Waals surface area contributed by atoms with E-state index < -0.39 is 6.10 Å². The number of nitrogens with zero attached hydrogens (tertiary/aromatic N) is 3. The lowest BCUT2D eigenvalue weighted by Crippen LogP contribution is -2.39. The molecule has 1 fully saturated rings. The third-order valence-electron chi connectivity index (χ3n) is 4.36. The van der Waals surface area contributed by atoms with Crippen molar-refractivity contribution in [1.82, 2.24) is 9.88 Å². The first-order valence-corrected chi connectivity index (χ1v) is 8.14. The summed E-state index contributed by atoms with van der Waals surface area (Å²) < 4.78 is 4.91. The second-order valence-electron chi connectivity index (χ2n) is 6.19. The first kappa shape index (κ1) is 16.7. The van der Waals surface area contributed by atoms with Crippen LogP contribution in [-0.4, -0.2) is 66.9 Å². The summed E-state index contributed by atoms with van der Waals surface area (Å²) >= 11 is 0. The summed E-state index contributed by atoms with van der Waals surface area (Å²) in [5.74, 6) is 0.743. The Kier molecular flexibility index (Phi) is 4.97. The summed E-state index contributed by atoms with van der Waals surface area (Å²) in [6.45, 7) is 4.08. The number of hydrogen-bond donors (Lipinski definition) is 1. The molecule has 128 valence electrons. The lowest BCUT2D eigenvalue weighted by Gasteiger charge is -2.23. The smallest absolute Gasteiger partial charge is 0.248 e. The lowest BCUT2D eigenvalue weighted by atomic mass is 10.1. The van der Waals surface area contributed by atoms with Crippen LogP contribution in [0.4, 0.5) is 5.82 Å². The van der Waals surface area contributed by atoms with Crippen molar-refractivity contribution in [3.05, 3.63) is 35.9 Å². The summed E-state index contributed by atoms with van der Waals surface area (Å²) in [6.07, 6.45) is -0.609. The summed E-state index contributed by atoms with van der Waals surface area (Å²) in [7, 11) is 1.50. The zero-order chi connectivity index (χ0) is 17.1. The Bertz CT molecular complexity index is 735. The van der Waals surface area contributed by atoms with Crippen LogP contribution in [0, 0.1) is 6.92 Å². The molecule has 1 aliphatic rings. The van der Waals surface area contributed by atoms with Crippen LogP contribution in [0.5, 0.6) is 0 Å². The van der Waals surface area contributed by atoms with Crippen molar-refractivity contribution < 1.29 is 14.6 Å². The van der Waals surface area contributed by atoms with Gasteiger partial charge in [-0.1, -0.05) is 18.2 Å². The summed E-state index contributed by atoms with van der Waals surface area (Å²) in [4.78, 5) is 20.5. The quantitative estimate of drug-likeness (QED) is 0.917. The molecule has 1 aromatic carbocycles. The number of β-amino-alcohol motifs (C(OH)–C–C–N with tert-alkyl or cyclic N) is 1. The molecule has 2 heterocycles. The second kappa shape index (κ2) is 7.15. The van der Waals surface area contributed by atoms with E-state index in [0.717, 1.165) is 22.3 Å². The molecule has 1 amide bonds. The third kappa shape index (κ3) is 3.49. The molecule has 6 nitrogen and oxygen atoms in total. The maximum absolute atomic E-state index is 12.0. The van der Waals surface area contributed by atoms with E-state index in [1.54, 1.807) is 4.90 Å². The Labute approximate surface area is 141 Å². The maximum atomic E-state index is 12.0. The molecule has 1 saturated heterocycles. The number of aliphatic hydroxyl groups is 1. The van der Waals surface area contributed by atoms with Gasteiger partial charge in [0.15, 0.2) is 0 Å². The molecule has 0 bridgehead atoms. The average molecular weight is 329 g/mol. The zero-order valence-electron chi connectivity index (χ0n) is 14.1. The van der Waals surface area contributed by atoms with E-state index in [1.165, 1.54) is 7.11 Å². The van der Waals surface area contributed by atoms with Crippen LogP contribution in [0.3, 0.4) is 0 Å². The van der Waals surface area contributed by atoms with Crippen LogP contribution in [0.15, 0.2) is 30.3 Å². The normalized spacial score (nSPS) is 18.7. The Morgan fingerprint density at radius 1 is 1.33 bits per heavy atom. The highest BCUT2D eigenvalue weighted by atomic mass is 16.5. The Hall–Kier alpha value is -2.18. The van der Waals surface area contributed by atoms with Gasteiger partial charge in [0.05, 0.1) is 11.6 Å². The van der Waals surface area contributed by atoms with Crippen molar-refractivity contribution in [2.45, 2.75) is 13.0 Å². The molecule has 1 N–H and O–H groups in total. The van der Waals surface area contributed by atoms with Crippen LogP contribution in [-0.2, 0) is 9.53 Å². The monoisotopic (exact) mass is 329 g/mol. The fourth-order valence-corrected chi connectivity index (χ4v) is 3.13. The molecule has 24 heavy (non-hydrogen) atoms. The van der Waals surface area contributed by atoms with Gasteiger partial charge in [0.1, 0.15) is 12.4 Å². The van der Waals surface area contributed by atoms with E-state index in [4.69, 9.17) is 9.72 Å². The first-order valence-electron chi connectivity index (χ1n) is 8.14. The number of hydrogen-bond acceptors (Lipinski definition) is 5. The van der Waals surface area contributed by atoms with Crippen molar-refractivity contribution in [3.63, 3.8) is 0 Å². The van der Waals surface area contributed by atoms with Gasteiger partial charge >= 0.3 is 0 Å². The van der Waals surface area contributed by atoms with Crippen LogP contribution in [0.2, 0.25) is 0 Å². The molecule has 0 unspecified atom stereocenters. The second-order valence-corrected chi connectivity index (χ2v) is 6.19. The number of methoxy groups -OCH3 is 1. The molecule has 3 rings (SSSR count). The number of ether oxygens (including phenoxy) is 1. The molecular weight excluding hydrogens is 306 g/mol. The van der Waals surface area contributed by atoms with Crippen LogP contribution >= 0.6 is 0 Å². The number of rotatable bonds is 3. The third-order valence-corrected chi connectivity index (χ3v) is 4.36. The van der Waals surface area contributed by atoms with E-state index in [0.29, 0.717) is 26.2 Å². The fraction of sp³-hybridized carbons (Fsp3) is 0.444. The molecule has 1 aromatic heterocycles. The molecule has 6 heteroatoms. The number of anilines is 1. The van der Waals surface area contributed by atoms with Crippen LogP contribution in [0.25, 0.3) is 10.9 Å². The minimum absolute atomic E-state index is 0.0417. The number of aromatic nitrogens is 1. The van der Waals surface area contributed by atoms with Gasteiger partial charge < -0.3 is 19.6 Å². The van der Waals surface area contributed by atoms with E-state index in [-0.39, 0.29) is 12.5 Å². The number of carbonyl (C=O) groups excluding carboxylic acids is 1. The van der Waals surface area contributed by atoms with Gasteiger partial charge in [0.2, 0.25) is 5.91 Å². The zero-order valence-corrected chi connectivity index (χ0v) is 14.1. The van der Waals surface area contributed by atoms with Crippen LogP contribution < -0.4 is 4.90 Å². The number of benzene rings is 1. The standard InChI is InChI=1S/C18H23N3O3/c1-13-9-17(19-16-6-4-3-5-15(13)16)20-7-8-21(11-14(22)10-20)18(23)12-24-2/h3-6,9,14,22H,7-8,10-12H2,1-2H3/t14-/m0/s1. The SMILES string of the molecule is COCC(=O)N1CCN(c2cc(C)c3ccccc3n2)C[C@H](O)C1. The topological polar surface area (TPSA) is 65.9 Å². The molecule has 1 aliphatic heterocycles. The maximum Gasteiger partial charge on any atom is 0.248 e. The van der Waals surface area contributed by atoms with Gasteiger partial charge in [-0.05, 0) is 24.6 Å². The summed E-state index contributed by atoms with van der Waals surface area (Å²) in [6, 6.07) is 10.1. The molecule has 0 aliphatic carbocycles. The number of aryl methyl sites for hydroxylation is 1. The number of carbonyl (C=O) groups is 1. The van der Waals surface area contributed by atoms with Gasteiger partial charge in [-0.3, -0.25) is 4.79 Å². The van der Waals surface area contributed by atoms with Gasteiger partial charge in [-0.2, -0.15) is 0 Å². The van der Waals surface area contributed by atoms with Gasteiger partial charge in [-0.25, -0.2) is 4.98 Å². The number of amides is 1. The minimum atomic E-state index is -0.609. The van der Waals surface area contributed by atoms with Gasteiger partial charge in [0, 0.05) is 38.7 Å². The average Bonchev–Trinajstić information content (AvgIpc) is 2.77. The minimum Gasteiger partial charge on any atom is -0.389 e. The highest BCUT2D eigenvalue weighted by Crippen LogP contribution is 2.23. The Morgan fingerprint density at radius 3 is 2.92 bits per heavy atom. The van der Waals surface area contributed by atoms with Crippen molar-refractivity contribution in [2.75, 3.05) is 44.8 Å². The highest BCUT2D eigenvalue weighted by molar-refractivity contribution is 5.84. The van der Waals surface area contributed by atoms with E-state index in [1.807, 2.05) is 29.2 Å². The Morgan fingerprint density at radius 2 is 2.12 bits per heavy atom. The van der Waals surface area contributed by atoms with E-state index in [2.05, 4.69) is 13.0 Å². The first-order chi connectivity index (χ1) is 11.6. The predicted octanol–water partition coefficient (Wildman–Crippen LogP) is 1.20. The molecule has 1 atom stereocenters. The summed E-state index contributed by atoms with van der Waals surface area (Å²) in [5.41, 5.74) is 2.10.